The predicted octanol–water partition coefficient (Wildman–Crippen LogP) is 5.83. The van der Waals surface area contributed by atoms with E-state index in [1.54, 1.807) is 11.8 Å². The van der Waals surface area contributed by atoms with Gasteiger partial charge in [-0.3, -0.25) is 4.79 Å². The Balaban J connectivity index is 1.48. The summed E-state index contributed by atoms with van der Waals surface area (Å²) in [5.74, 6) is 1.08. The molecule has 0 bridgehead atoms. The minimum atomic E-state index is -0.0423. The van der Waals surface area contributed by atoms with Crippen molar-refractivity contribution in [2.45, 2.75) is 28.3 Å². The van der Waals surface area contributed by atoms with Gasteiger partial charge in [-0.15, -0.1) is 10.2 Å². The van der Waals surface area contributed by atoms with Crippen LogP contribution in [0.15, 0.2) is 51.1 Å². The van der Waals surface area contributed by atoms with Gasteiger partial charge in [0.15, 0.2) is 8.68 Å². The number of hydrogen-bond donors (Lipinski definition) is 1. The van der Waals surface area contributed by atoms with Gasteiger partial charge in [0.05, 0.1) is 5.75 Å². The lowest BCUT2D eigenvalue weighted by Gasteiger charge is -2.08. The van der Waals surface area contributed by atoms with E-state index in [4.69, 9.17) is 11.6 Å². The van der Waals surface area contributed by atoms with E-state index in [0.717, 1.165) is 36.3 Å². The Morgan fingerprint density at radius 1 is 1.07 bits per heavy atom. The molecule has 1 N–H and O–H groups in total. The number of carbonyl (C=O) groups is 1. The Labute approximate surface area is 176 Å². The molecule has 4 nitrogen and oxygen atoms in total. The lowest BCUT2D eigenvalue weighted by molar-refractivity contribution is -0.113. The Morgan fingerprint density at radius 3 is 2.52 bits per heavy atom. The molecule has 0 radical (unpaired) electrons. The van der Waals surface area contributed by atoms with Crippen LogP contribution in [0.4, 0.5) is 5.69 Å². The van der Waals surface area contributed by atoms with E-state index in [-0.39, 0.29) is 5.91 Å². The van der Waals surface area contributed by atoms with Gasteiger partial charge in [-0.1, -0.05) is 70.7 Å². The smallest absolute Gasteiger partial charge is 0.234 e. The van der Waals surface area contributed by atoms with Gasteiger partial charge >= 0.3 is 0 Å². The Kier molecular flexibility index (Phi) is 7.18. The fourth-order valence-electron chi connectivity index (χ4n) is 2.22. The second-order valence-electron chi connectivity index (χ2n) is 5.90. The highest BCUT2D eigenvalue weighted by Crippen LogP contribution is 2.31. The molecule has 0 saturated carbocycles. The normalized spacial score (nSPS) is 10.8. The lowest BCUT2D eigenvalue weighted by Crippen LogP contribution is -2.14. The highest BCUT2D eigenvalue weighted by Gasteiger charge is 2.10. The number of halogens is 1. The minimum absolute atomic E-state index is 0.0423. The number of carbonyl (C=O) groups excluding carboxylic acids is 1. The highest BCUT2D eigenvalue weighted by molar-refractivity contribution is 8.03. The molecule has 2 aromatic carbocycles. The van der Waals surface area contributed by atoms with Crippen molar-refractivity contribution in [1.82, 2.24) is 10.2 Å². The summed E-state index contributed by atoms with van der Waals surface area (Å²) in [6.07, 6.45) is 0. The molecular formula is C19H18ClN3OS3. The standard InChI is InChI=1S/C19H18ClN3OS3/c1-12-3-4-13(2)16(9-12)21-17(24)11-26-19-23-22-18(27-19)25-10-14-5-7-15(20)8-6-14/h3-9H,10-11H2,1-2H3,(H,21,24). The zero-order chi connectivity index (χ0) is 19.2. The molecule has 0 aliphatic carbocycles. The van der Waals surface area contributed by atoms with Gasteiger partial charge in [0.25, 0.3) is 0 Å². The number of amides is 1. The number of aryl methyl sites for hydroxylation is 2. The Hall–Kier alpha value is -1.54. The van der Waals surface area contributed by atoms with Gasteiger partial charge in [0.2, 0.25) is 5.91 Å². The average Bonchev–Trinajstić information content (AvgIpc) is 3.10. The summed E-state index contributed by atoms with van der Waals surface area (Å²) < 4.78 is 1.69. The first-order chi connectivity index (χ1) is 13.0. The fraction of sp³-hybridized carbons (Fsp3) is 0.211. The zero-order valence-corrected chi connectivity index (χ0v) is 18.1. The molecule has 8 heteroatoms. The van der Waals surface area contributed by atoms with Crippen LogP contribution in [0.2, 0.25) is 5.02 Å². The summed E-state index contributed by atoms with van der Waals surface area (Å²) in [5.41, 5.74) is 4.21. The van der Waals surface area contributed by atoms with Gasteiger partial charge < -0.3 is 5.32 Å². The first kappa shape index (κ1) is 20.2. The molecule has 0 unspecified atom stereocenters. The quantitative estimate of drug-likeness (QED) is 0.473. The molecule has 27 heavy (non-hydrogen) atoms. The molecule has 140 valence electrons. The van der Waals surface area contributed by atoms with E-state index >= 15 is 0 Å². The maximum atomic E-state index is 12.2. The Morgan fingerprint density at radius 2 is 1.78 bits per heavy atom. The molecule has 1 heterocycles. The number of benzene rings is 2. The molecule has 0 atom stereocenters. The van der Waals surface area contributed by atoms with Crippen molar-refractivity contribution in [3.8, 4) is 0 Å². The molecule has 1 aromatic heterocycles. The van der Waals surface area contributed by atoms with Crippen LogP contribution >= 0.6 is 46.5 Å². The average molecular weight is 436 g/mol. The third-order valence-corrected chi connectivity index (χ3v) is 7.17. The first-order valence-electron chi connectivity index (χ1n) is 8.20. The topological polar surface area (TPSA) is 54.9 Å². The molecule has 1 amide bonds. The predicted molar refractivity (Wildman–Crippen MR) is 116 cm³/mol. The summed E-state index contributed by atoms with van der Waals surface area (Å²) in [7, 11) is 0. The number of anilines is 1. The number of thioether (sulfide) groups is 2. The van der Waals surface area contributed by atoms with E-state index in [2.05, 4.69) is 15.5 Å². The summed E-state index contributed by atoms with van der Waals surface area (Å²) in [6.45, 7) is 3.99. The number of nitrogens with zero attached hydrogens (tertiary/aromatic N) is 2. The number of rotatable bonds is 7. The molecule has 0 saturated heterocycles. The largest absolute Gasteiger partial charge is 0.325 e. The van der Waals surface area contributed by atoms with Crippen LogP contribution in [-0.4, -0.2) is 21.9 Å². The third-order valence-electron chi connectivity index (χ3n) is 3.66. The van der Waals surface area contributed by atoms with E-state index in [1.165, 1.54) is 28.7 Å². The van der Waals surface area contributed by atoms with Crippen LogP contribution in [0.5, 0.6) is 0 Å². The van der Waals surface area contributed by atoms with Crippen LogP contribution in [-0.2, 0) is 10.5 Å². The van der Waals surface area contributed by atoms with Crippen molar-refractivity contribution in [2.75, 3.05) is 11.1 Å². The van der Waals surface area contributed by atoms with Gasteiger partial charge in [-0.2, -0.15) is 0 Å². The lowest BCUT2D eigenvalue weighted by atomic mass is 10.1. The SMILES string of the molecule is Cc1ccc(C)c(NC(=O)CSc2nnc(SCc3ccc(Cl)cc3)s2)c1. The van der Waals surface area contributed by atoms with Crippen LogP contribution in [0.3, 0.4) is 0 Å². The van der Waals surface area contributed by atoms with Gasteiger partial charge in [-0.25, -0.2) is 0 Å². The van der Waals surface area contributed by atoms with Crippen LogP contribution in [0, 0.1) is 13.8 Å². The van der Waals surface area contributed by atoms with E-state index < -0.39 is 0 Å². The van der Waals surface area contributed by atoms with Gasteiger partial charge in [0, 0.05) is 16.5 Å². The van der Waals surface area contributed by atoms with Crippen molar-refractivity contribution >= 4 is 58.1 Å². The van der Waals surface area contributed by atoms with Crippen molar-refractivity contribution in [3.05, 3.63) is 64.2 Å². The van der Waals surface area contributed by atoms with Gasteiger partial charge in [-0.05, 0) is 48.7 Å². The maximum absolute atomic E-state index is 12.2. The summed E-state index contributed by atoms with van der Waals surface area (Å²) >= 11 is 10.4. The molecular weight excluding hydrogens is 418 g/mol. The minimum Gasteiger partial charge on any atom is -0.325 e. The van der Waals surface area contributed by atoms with Gasteiger partial charge in [0.1, 0.15) is 0 Å². The third kappa shape index (κ3) is 6.24. The highest BCUT2D eigenvalue weighted by atomic mass is 35.5. The van der Waals surface area contributed by atoms with Crippen molar-refractivity contribution < 1.29 is 4.79 Å². The van der Waals surface area contributed by atoms with Crippen LogP contribution < -0.4 is 5.32 Å². The molecule has 0 aliphatic heterocycles. The van der Waals surface area contributed by atoms with E-state index in [9.17, 15) is 4.79 Å². The number of nitrogens with one attached hydrogen (secondary N) is 1. The van der Waals surface area contributed by atoms with Crippen LogP contribution in [0.25, 0.3) is 0 Å². The zero-order valence-electron chi connectivity index (χ0n) is 14.9. The first-order valence-corrected chi connectivity index (χ1v) is 11.4. The van der Waals surface area contributed by atoms with E-state index in [0.29, 0.717) is 5.75 Å². The van der Waals surface area contributed by atoms with Crippen molar-refractivity contribution in [3.63, 3.8) is 0 Å². The monoisotopic (exact) mass is 435 g/mol. The summed E-state index contributed by atoms with van der Waals surface area (Å²) in [6, 6.07) is 13.8. The Bertz CT molecular complexity index is 928. The molecule has 0 aliphatic rings. The van der Waals surface area contributed by atoms with Crippen molar-refractivity contribution in [2.24, 2.45) is 0 Å². The summed E-state index contributed by atoms with van der Waals surface area (Å²) in [5, 5.41) is 12.0. The number of hydrogen-bond acceptors (Lipinski definition) is 6. The van der Waals surface area contributed by atoms with Crippen molar-refractivity contribution in [1.29, 1.82) is 0 Å². The van der Waals surface area contributed by atoms with E-state index in [1.807, 2.05) is 56.3 Å². The molecule has 0 spiro atoms. The fourth-order valence-corrected chi connectivity index (χ4v) is 5.13. The molecule has 3 rings (SSSR count). The second kappa shape index (κ2) is 9.59. The molecule has 3 aromatic rings. The second-order valence-corrected chi connectivity index (χ2v) is 9.76. The molecule has 0 fully saturated rings. The van der Waals surface area contributed by atoms with Crippen LogP contribution in [0.1, 0.15) is 16.7 Å². The summed E-state index contributed by atoms with van der Waals surface area (Å²) in [4.78, 5) is 12.2. The number of aromatic nitrogens is 2. The maximum Gasteiger partial charge on any atom is 0.234 e.